The number of rotatable bonds is 6. The molecule has 0 radical (unpaired) electrons. The largest absolute Gasteiger partial charge is 0.483 e. The second-order valence-corrected chi connectivity index (χ2v) is 10.2. The number of aryl methyl sites for hydroxylation is 4. The van der Waals surface area contributed by atoms with Gasteiger partial charge in [-0.15, -0.1) is 0 Å². The Morgan fingerprint density at radius 2 is 1.76 bits per heavy atom. The summed E-state index contributed by atoms with van der Waals surface area (Å²) in [4.78, 5) is 12.5. The molecule has 172 valence electrons. The number of sulfonamides is 1. The van der Waals surface area contributed by atoms with Crippen LogP contribution in [0.1, 0.15) is 28.7 Å². The fourth-order valence-electron chi connectivity index (χ4n) is 3.98. The number of hydrogen-bond donors (Lipinski definition) is 1. The van der Waals surface area contributed by atoms with Crippen LogP contribution in [0.25, 0.3) is 0 Å². The maximum atomic E-state index is 13.4. The zero-order valence-electron chi connectivity index (χ0n) is 19.1. The van der Waals surface area contributed by atoms with Crippen LogP contribution in [0.15, 0.2) is 65.6 Å². The van der Waals surface area contributed by atoms with Crippen LogP contribution in [0.2, 0.25) is 0 Å². The van der Waals surface area contributed by atoms with Crippen molar-refractivity contribution in [2.24, 2.45) is 0 Å². The fraction of sp³-hybridized carbons (Fsp3) is 0.269. The molecule has 0 saturated carbocycles. The van der Waals surface area contributed by atoms with Gasteiger partial charge in [0.2, 0.25) is 0 Å². The van der Waals surface area contributed by atoms with Crippen molar-refractivity contribution in [3.8, 4) is 5.75 Å². The average Bonchev–Trinajstić information content (AvgIpc) is 2.80. The number of nitrogens with zero attached hydrogens (tertiary/aromatic N) is 1. The van der Waals surface area contributed by atoms with E-state index in [1.54, 1.807) is 19.1 Å². The summed E-state index contributed by atoms with van der Waals surface area (Å²) in [5.41, 5.74) is 5.40. The SMILES string of the molecule is Cc1ccc(NC(=O)COc2ccc(S(=O)(=O)N3CCCc4ccccc43)cc2C)cc1C. The summed E-state index contributed by atoms with van der Waals surface area (Å²) in [7, 11) is -3.70. The minimum atomic E-state index is -3.70. The fourth-order valence-corrected chi connectivity index (χ4v) is 5.61. The molecule has 1 N–H and O–H groups in total. The van der Waals surface area contributed by atoms with E-state index in [9.17, 15) is 13.2 Å². The first kappa shape index (κ1) is 22.9. The zero-order valence-corrected chi connectivity index (χ0v) is 19.9. The second-order valence-electron chi connectivity index (χ2n) is 8.37. The number of ether oxygens (including phenoxy) is 1. The van der Waals surface area contributed by atoms with Crippen LogP contribution in [0.5, 0.6) is 5.75 Å². The number of carbonyl (C=O) groups is 1. The predicted octanol–water partition coefficient (Wildman–Crippen LogP) is 4.77. The highest BCUT2D eigenvalue weighted by atomic mass is 32.2. The summed E-state index contributed by atoms with van der Waals surface area (Å²) >= 11 is 0. The maximum absolute atomic E-state index is 13.4. The first-order valence-corrected chi connectivity index (χ1v) is 12.4. The topological polar surface area (TPSA) is 75.7 Å². The molecule has 1 amide bonds. The molecule has 7 heteroatoms. The van der Waals surface area contributed by atoms with Crippen LogP contribution in [0.3, 0.4) is 0 Å². The number of carbonyl (C=O) groups excluding carboxylic acids is 1. The Bertz CT molecular complexity index is 1300. The lowest BCUT2D eigenvalue weighted by atomic mass is 10.0. The van der Waals surface area contributed by atoms with Gasteiger partial charge < -0.3 is 10.1 Å². The monoisotopic (exact) mass is 464 g/mol. The average molecular weight is 465 g/mol. The highest BCUT2D eigenvalue weighted by Crippen LogP contribution is 2.33. The number of amides is 1. The first-order chi connectivity index (χ1) is 15.8. The van der Waals surface area contributed by atoms with Gasteiger partial charge in [0.1, 0.15) is 5.75 Å². The molecule has 33 heavy (non-hydrogen) atoms. The van der Waals surface area contributed by atoms with E-state index < -0.39 is 10.0 Å². The smallest absolute Gasteiger partial charge is 0.264 e. The van der Waals surface area contributed by atoms with E-state index in [2.05, 4.69) is 5.32 Å². The van der Waals surface area contributed by atoms with E-state index in [0.29, 0.717) is 23.5 Å². The van der Waals surface area contributed by atoms with Crippen LogP contribution >= 0.6 is 0 Å². The molecule has 3 aromatic rings. The van der Waals surface area contributed by atoms with E-state index in [4.69, 9.17) is 4.74 Å². The molecule has 1 aliphatic rings. The normalized spacial score (nSPS) is 13.4. The van der Waals surface area contributed by atoms with Crippen LogP contribution in [0, 0.1) is 20.8 Å². The van der Waals surface area contributed by atoms with Gasteiger partial charge in [0.25, 0.3) is 15.9 Å². The second kappa shape index (κ2) is 9.27. The molecular weight excluding hydrogens is 436 g/mol. The van der Waals surface area contributed by atoms with Crippen molar-refractivity contribution in [1.29, 1.82) is 0 Å². The summed E-state index contributed by atoms with van der Waals surface area (Å²) in [5.74, 6) is 0.197. The molecule has 1 heterocycles. The minimum Gasteiger partial charge on any atom is -0.483 e. The van der Waals surface area contributed by atoms with Crippen LogP contribution in [0.4, 0.5) is 11.4 Å². The van der Waals surface area contributed by atoms with Gasteiger partial charge in [-0.25, -0.2) is 8.42 Å². The van der Waals surface area contributed by atoms with Crippen molar-refractivity contribution in [2.75, 3.05) is 22.8 Å². The summed E-state index contributed by atoms with van der Waals surface area (Å²) in [5, 5.41) is 2.82. The third-order valence-electron chi connectivity index (χ3n) is 5.95. The lowest BCUT2D eigenvalue weighted by Gasteiger charge is -2.30. The lowest BCUT2D eigenvalue weighted by Crippen LogP contribution is -2.35. The van der Waals surface area contributed by atoms with Crippen LogP contribution in [-0.4, -0.2) is 27.5 Å². The first-order valence-electron chi connectivity index (χ1n) is 11.0. The molecular formula is C26H28N2O4S. The van der Waals surface area contributed by atoms with Crippen LogP contribution in [-0.2, 0) is 21.2 Å². The molecule has 0 atom stereocenters. The van der Waals surface area contributed by atoms with Gasteiger partial charge >= 0.3 is 0 Å². The molecule has 0 unspecified atom stereocenters. The standard InChI is InChI=1S/C26H28N2O4S/c1-18-10-11-22(15-19(18)2)27-26(29)17-32-25-13-12-23(16-20(25)3)33(30,31)28-14-6-8-21-7-4-5-9-24(21)28/h4-5,7,9-13,15-16H,6,8,14,17H2,1-3H3,(H,27,29). The maximum Gasteiger partial charge on any atom is 0.264 e. The quantitative estimate of drug-likeness (QED) is 0.570. The van der Waals surface area contributed by atoms with Gasteiger partial charge in [0.05, 0.1) is 10.6 Å². The van der Waals surface area contributed by atoms with Crippen molar-refractivity contribution in [3.63, 3.8) is 0 Å². The molecule has 0 aromatic heterocycles. The number of nitrogens with one attached hydrogen (secondary N) is 1. The summed E-state index contributed by atoms with van der Waals surface area (Å²) in [6, 6.07) is 18.1. The van der Waals surface area contributed by atoms with Gasteiger partial charge in [-0.3, -0.25) is 9.10 Å². The van der Waals surface area contributed by atoms with Crippen molar-refractivity contribution in [1.82, 2.24) is 0 Å². The molecule has 0 saturated heterocycles. The summed E-state index contributed by atoms with van der Waals surface area (Å²) in [6.45, 7) is 6.07. The van der Waals surface area contributed by atoms with Crippen molar-refractivity contribution >= 4 is 27.3 Å². The number of para-hydroxylation sites is 1. The summed E-state index contributed by atoms with van der Waals surface area (Å²) < 4.78 is 33.9. The molecule has 1 aliphatic heterocycles. The number of hydrogen-bond acceptors (Lipinski definition) is 4. The third-order valence-corrected chi connectivity index (χ3v) is 7.76. The minimum absolute atomic E-state index is 0.167. The number of anilines is 2. The van der Waals surface area contributed by atoms with E-state index in [0.717, 1.165) is 35.2 Å². The molecule has 0 bridgehead atoms. The van der Waals surface area contributed by atoms with E-state index in [-0.39, 0.29) is 17.4 Å². The highest BCUT2D eigenvalue weighted by molar-refractivity contribution is 7.92. The lowest BCUT2D eigenvalue weighted by molar-refractivity contribution is -0.118. The Morgan fingerprint density at radius 1 is 0.970 bits per heavy atom. The third kappa shape index (κ3) is 4.88. The van der Waals surface area contributed by atoms with Gasteiger partial charge in [0, 0.05) is 12.2 Å². The Labute approximate surface area is 195 Å². The highest BCUT2D eigenvalue weighted by Gasteiger charge is 2.29. The van der Waals surface area contributed by atoms with Crippen LogP contribution < -0.4 is 14.4 Å². The number of fused-ring (bicyclic) bond motifs is 1. The molecule has 0 fully saturated rings. The predicted molar refractivity (Wildman–Crippen MR) is 131 cm³/mol. The van der Waals surface area contributed by atoms with Gasteiger partial charge in [0.15, 0.2) is 6.61 Å². The molecule has 0 spiro atoms. The van der Waals surface area contributed by atoms with E-state index >= 15 is 0 Å². The Balaban J connectivity index is 1.46. The van der Waals surface area contributed by atoms with Gasteiger partial charge in [-0.05, 0) is 92.3 Å². The van der Waals surface area contributed by atoms with Crippen molar-refractivity contribution in [3.05, 3.63) is 82.9 Å². The number of benzene rings is 3. The molecule has 6 nitrogen and oxygen atoms in total. The van der Waals surface area contributed by atoms with E-state index in [1.165, 1.54) is 10.4 Å². The molecule has 4 rings (SSSR count). The van der Waals surface area contributed by atoms with Gasteiger partial charge in [-0.1, -0.05) is 24.3 Å². The molecule has 3 aromatic carbocycles. The Hall–Kier alpha value is -3.32. The summed E-state index contributed by atoms with van der Waals surface area (Å²) in [6.07, 6.45) is 1.66. The molecule has 0 aliphatic carbocycles. The van der Waals surface area contributed by atoms with Crippen molar-refractivity contribution < 1.29 is 17.9 Å². The van der Waals surface area contributed by atoms with Gasteiger partial charge in [-0.2, -0.15) is 0 Å². The Morgan fingerprint density at radius 3 is 2.52 bits per heavy atom. The Kier molecular flexibility index (Phi) is 6.42. The van der Waals surface area contributed by atoms with E-state index in [1.807, 2.05) is 56.3 Å². The zero-order chi connectivity index (χ0) is 23.6. The van der Waals surface area contributed by atoms with Crippen molar-refractivity contribution in [2.45, 2.75) is 38.5 Å².